The number of piperidine rings is 1. The zero-order valence-corrected chi connectivity index (χ0v) is 39.3. The minimum Gasteiger partial charge on any atom is -0.507 e. The van der Waals surface area contributed by atoms with Gasteiger partial charge in [0.25, 0.3) is 5.88 Å². The number of nitrogens with one attached hydrogen (secondary N) is 2. The van der Waals surface area contributed by atoms with Gasteiger partial charge in [-0.05, 0) is 93.0 Å². The number of para-hydroxylation sites is 1. The zero-order chi connectivity index (χ0) is 46.1. The van der Waals surface area contributed by atoms with Crippen molar-refractivity contribution in [2.24, 2.45) is 11.8 Å². The normalized spacial score (nSPS) is 22.4. The van der Waals surface area contributed by atoms with E-state index in [0.717, 1.165) is 91.9 Å². The van der Waals surface area contributed by atoms with Crippen LogP contribution >= 0.6 is 11.3 Å². The van der Waals surface area contributed by atoms with Gasteiger partial charge in [-0.2, -0.15) is 0 Å². The van der Waals surface area contributed by atoms with E-state index in [1.54, 1.807) is 23.5 Å². The Morgan fingerprint density at radius 3 is 2.56 bits per heavy atom. The Hall–Kier alpha value is -5.62. The first kappa shape index (κ1) is 45.5. The molecule has 66 heavy (non-hydrogen) atoms. The monoisotopic (exact) mass is 918 g/mol. The second-order valence-electron chi connectivity index (χ2n) is 18.9. The number of rotatable bonds is 14. The van der Waals surface area contributed by atoms with Crippen LogP contribution in [0.4, 0.5) is 11.5 Å². The van der Waals surface area contributed by atoms with E-state index in [9.17, 15) is 19.8 Å². The van der Waals surface area contributed by atoms with Crippen molar-refractivity contribution in [3.05, 3.63) is 83.2 Å². The van der Waals surface area contributed by atoms with Crippen LogP contribution in [0.2, 0.25) is 0 Å². The molecule has 3 aromatic heterocycles. The summed E-state index contributed by atoms with van der Waals surface area (Å²) in [7, 11) is 0. The second-order valence-corrected chi connectivity index (χ2v) is 19.8. The predicted octanol–water partition coefficient (Wildman–Crippen LogP) is 5.94. The third-order valence-corrected chi connectivity index (χ3v) is 15.0. The van der Waals surface area contributed by atoms with Gasteiger partial charge in [0.1, 0.15) is 24.3 Å². The molecule has 2 aromatic carbocycles. The first-order valence-electron chi connectivity index (χ1n) is 23.4. The summed E-state index contributed by atoms with van der Waals surface area (Å²) in [6, 6.07) is 18.6. The van der Waals surface area contributed by atoms with Crippen molar-refractivity contribution in [1.29, 1.82) is 0 Å². The summed E-state index contributed by atoms with van der Waals surface area (Å²) >= 11 is 1.59. The van der Waals surface area contributed by atoms with Gasteiger partial charge in [0.15, 0.2) is 11.6 Å². The molecule has 6 atom stereocenters. The van der Waals surface area contributed by atoms with E-state index < -0.39 is 18.1 Å². The fraction of sp³-hybridized carbons (Fsp3) is 0.510. The van der Waals surface area contributed by atoms with E-state index in [0.29, 0.717) is 47.5 Å². The molecule has 5 aromatic rings. The third kappa shape index (κ3) is 9.75. The van der Waals surface area contributed by atoms with Gasteiger partial charge >= 0.3 is 0 Å². The smallest absolute Gasteiger partial charge is 0.254 e. The number of carbonyl (C=O) groups is 2. The number of aromatic nitrogens is 4. The number of ether oxygens (including phenoxy) is 1. The summed E-state index contributed by atoms with van der Waals surface area (Å²) in [5, 5.41) is 40.8. The number of nitrogens with zero attached hydrogens (tertiary/aromatic N) is 8. The Balaban J connectivity index is 0.733. The lowest BCUT2D eigenvalue weighted by Gasteiger charge is -2.50. The molecule has 16 nitrogen and oxygen atoms in total. The number of anilines is 2. The van der Waals surface area contributed by atoms with E-state index in [1.807, 2.05) is 75.7 Å². The summed E-state index contributed by atoms with van der Waals surface area (Å²) < 4.78 is 11.8. The lowest BCUT2D eigenvalue weighted by atomic mass is 9.91. The van der Waals surface area contributed by atoms with Crippen LogP contribution in [0.25, 0.3) is 21.7 Å². The number of β-amino-alcohol motifs (C(OH)–C–C–N with tert-alkyl or cyclic N) is 1. The number of aliphatic hydroxyl groups excluding tert-OH is 1. The van der Waals surface area contributed by atoms with E-state index in [-0.39, 0.29) is 42.5 Å². The van der Waals surface area contributed by atoms with Gasteiger partial charge in [-0.15, -0.1) is 21.5 Å². The number of phenols is 1. The molecule has 2 amide bonds. The number of benzene rings is 2. The van der Waals surface area contributed by atoms with Crippen molar-refractivity contribution in [2.75, 3.05) is 69.2 Å². The Kier molecular flexibility index (Phi) is 13.6. The highest BCUT2D eigenvalue weighted by molar-refractivity contribution is 7.13. The minimum atomic E-state index is -0.818. The van der Waals surface area contributed by atoms with Crippen molar-refractivity contribution < 1.29 is 29.1 Å². The number of amides is 2. The molecule has 0 bridgehead atoms. The molecule has 0 spiro atoms. The maximum atomic E-state index is 14.2. The van der Waals surface area contributed by atoms with Crippen molar-refractivity contribution in [1.82, 2.24) is 40.4 Å². The first-order chi connectivity index (χ1) is 31.9. The van der Waals surface area contributed by atoms with Crippen LogP contribution in [0, 0.1) is 18.8 Å². The van der Waals surface area contributed by atoms with Crippen molar-refractivity contribution >= 4 is 34.7 Å². The van der Waals surface area contributed by atoms with Gasteiger partial charge in [-0.3, -0.25) is 19.4 Å². The first-order valence-corrected chi connectivity index (χ1v) is 24.3. The van der Waals surface area contributed by atoms with Gasteiger partial charge in [0.2, 0.25) is 11.8 Å². The number of aryl methyl sites for hydroxylation is 1. The van der Waals surface area contributed by atoms with Gasteiger partial charge in [0, 0.05) is 63.4 Å². The highest BCUT2D eigenvalue weighted by Gasteiger charge is 2.44. The van der Waals surface area contributed by atoms with E-state index in [2.05, 4.69) is 58.7 Å². The van der Waals surface area contributed by atoms with Gasteiger partial charge in [0.05, 0.1) is 45.7 Å². The molecule has 0 radical (unpaired) electrons. The van der Waals surface area contributed by atoms with E-state index in [1.165, 1.54) is 4.90 Å². The lowest BCUT2D eigenvalue weighted by Crippen LogP contribution is -2.62. The molecule has 0 saturated carbocycles. The van der Waals surface area contributed by atoms with E-state index >= 15 is 0 Å². The maximum absolute atomic E-state index is 14.2. The molecule has 7 heterocycles. The zero-order valence-electron chi connectivity index (χ0n) is 38.5. The summed E-state index contributed by atoms with van der Waals surface area (Å²) in [5.74, 6) is 0.861. The van der Waals surface area contributed by atoms with Crippen LogP contribution in [0.3, 0.4) is 0 Å². The number of fused-ring (bicyclic) bond motifs is 3. The summed E-state index contributed by atoms with van der Waals surface area (Å²) in [6.45, 7) is 17.1. The number of thiazole rings is 1. The van der Waals surface area contributed by atoms with Crippen LogP contribution in [0.1, 0.15) is 75.9 Å². The van der Waals surface area contributed by atoms with Gasteiger partial charge in [-0.25, -0.2) is 4.98 Å². The number of carbonyl (C=O) groups excluding carboxylic acids is 2. The van der Waals surface area contributed by atoms with Gasteiger partial charge < -0.3 is 39.9 Å². The Morgan fingerprint density at radius 2 is 1.82 bits per heavy atom. The third-order valence-electron chi connectivity index (χ3n) is 14.0. The Bertz CT molecular complexity index is 2470. The number of hydrogen-bond donors (Lipinski definition) is 4. The molecule has 3 saturated heterocycles. The van der Waals surface area contributed by atoms with E-state index in [4.69, 9.17) is 9.26 Å². The van der Waals surface area contributed by atoms with Gasteiger partial charge in [-0.1, -0.05) is 50.2 Å². The van der Waals surface area contributed by atoms with Crippen LogP contribution in [-0.4, -0.2) is 140 Å². The number of aromatic hydroxyl groups is 1. The molecular formula is C49H62N10O6S. The topological polar surface area (TPSA) is 186 Å². The molecule has 4 N–H and O–H groups in total. The number of phenolic OH excluding ortho intramolecular Hbond substituents is 1. The van der Waals surface area contributed by atoms with Crippen LogP contribution in [-0.2, 0) is 9.59 Å². The lowest BCUT2D eigenvalue weighted by molar-refractivity contribution is -0.141. The standard InChI is InChI=1S/C49H62N10O6S/c1-29(2)45(49(63)59-27-37(60)20-41(59)48(62)52-31(4)34-10-12-35(13-11-34)46-32(5)51-28-66-46)43-22-44(55-65-43)64-19-18-56-16-14-33(15-17-56)25-57-26-36-23-50-47-40(58(36)24-30(57)3)21-39(53-54-47)38-8-6-7-9-42(38)61/h6-13,21-22,28-31,33,36-37,41,45,60-61H,14-20,23-27H2,1-5H3,(H,50,54)(H,52,62)/t30-,31?,36-,37+,41-,45?/m0/s1. The highest BCUT2D eigenvalue weighted by Crippen LogP contribution is 2.38. The molecule has 4 aliphatic heterocycles. The maximum Gasteiger partial charge on any atom is 0.254 e. The predicted molar refractivity (Wildman–Crippen MR) is 254 cm³/mol. The quantitative estimate of drug-likeness (QED) is 0.103. The number of piperazine rings is 1. The fourth-order valence-electron chi connectivity index (χ4n) is 10.2. The van der Waals surface area contributed by atoms with Crippen molar-refractivity contribution in [3.8, 4) is 33.3 Å². The molecule has 9 rings (SSSR count). The highest BCUT2D eigenvalue weighted by atomic mass is 32.1. The molecular weight excluding hydrogens is 857 g/mol. The van der Waals surface area contributed by atoms with Crippen LogP contribution in [0.15, 0.2) is 70.7 Å². The average Bonchev–Trinajstić information content (AvgIpc) is 4.07. The molecule has 3 fully saturated rings. The summed E-state index contributed by atoms with van der Waals surface area (Å²) in [4.78, 5) is 42.5. The minimum absolute atomic E-state index is 0.0634. The molecule has 4 aliphatic rings. The number of likely N-dealkylation sites (tertiary alicyclic amines) is 2. The Morgan fingerprint density at radius 1 is 1.03 bits per heavy atom. The summed E-state index contributed by atoms with van der Waals surface area (Å²) in [6.07, 6.45) is 1.58. The largest absolute Gasteiger partial charge is 0.507 e. The molecule has 0 aliphatic carbocycles. The number of aliphatic hydroxyl groups is 1. The summed E-state index contributed by atoms with van der Waals surface area (Å²) in [5.41, 5.74) is 7.22. The average molecular weight is 919 g/mol. The van der Waals surface area contributed by atoms with Crippen LogP contribution in [0.5, 0.6) is 11.6 Å². The SMILES string of the molecule is Cc1ncsc1-c1ccc(C(C)NC(=O)[C@@H]2C[C@@H](O)CN2C(=O)C(c2cc(OCCN3CCC(CN4C[C@@H]5CNc6nnc(-c7ccccc7O)cc6N5C[C@@H]4C)CC3)no2)C(C)C)cc1. The molecule has 350 valence electrons. The Labute approximate surface area is 390 Å². The fourth-order valence-corrected chi connectivity index (χ4v) is 11.0. The second kappa shape index (κ2) is 19.7. The van der Waals surface area contributed by atoms with Crippen molar-refractivity contribution in [2.45, 2.75) is 90.1 Å². The molecule has 17 heteroatoms. The van der Waals surface area contributed by atoms with Crippen LogP contribution < -0.4 is 20.3 Å². The number of hydrogen-bond acceptors (Lipinski definition) is 15. The van der Waals surface area contributed by atoms with Crippen molar-refractivity contribution in [3.63, 3.8) is 0 Å². The molecule has 2 unspecified atom stereocenters.